The van der Waals surface area contributed by atoms with E-state index < -0.39 is 0 Å². The van der Waals surface area contributed by atoms with Gasteiger partial charge in [0.2, 0.25) is 0 Å². The van der Waals surface area contributed by atoms with Crippen LogP contribution in [0.2, 0.25) is 0 Å². The molecule has 0 aliphatic heterocycles. The summed E-state index contributed by atoms with van der Waals surface area (Å²) >= 11 is 0. The van der Waals surface area contributed by atoms with E-state index in [1.807, 2.05) is 26.8 Å². The van der Waals surface area contributed by atoms with Gasteiger partial charge in [0.05, 0.1) is 6.61 Å². The van der Waals surface area contributed by atoms with Gasteiger partial charge < -0.3 is 14.8 Å². The Bertz CT molecular complexity index is 371. The molecule has 2 unspecified atom stereocenters. The lowest BCUT2D eigenvalue weighted by atomic mass is 10.1. The molecule has 0 amide bonds. The van der Waals surface area contributed by atoms with Gasteiger partial charge in [-0.2, -0.15) is 0 Å². The number of nitrogens with one attached hydrogen (secondary N) is 1. The molecule has 3 nitrogen and oxygen atoms in total. The molecule has 1 aromatic rings. The third kappa shape index (κ3) is 3.96. The first-order chi connectivity index (χ1) is 8.60. The standard InChI is InChI=1S/C14H22FNO2/c1-5-16-11(3)12-7-6-8-13(15)14(12)18-10(2)9-17-4/h6-8,10-11,16H,5,9H2,1-4H3. The predicted octanol–water partition coefficient (Wildman–Crippen LogP) is 2.91. The van der Waals surface area contributed by atoms with Gasteiger partial charge in [0.25, 0.3) is 0 Å². The van der Waals surface area contributed by atoms with Gasteiger partial charge >= 0.3 is 0 Å². The number of halogens is 1. The molecule has 18 heavy (non-hydrogen) atoms. The molecule has 1 rings (SSSR count). The normalized spacial score (nSPS) is 14.3. The fourth-order valence-corrected chi connectivity index (χ4v) is 1.88. The van der Waals surface area contributed by atoms with Gasteiger partial charge in [-0.15, -0.1) is 0 Å². The molecule has 102 valence electrons. The molecule has 0 fully saturated rings. The molecule has 0 saturated carbocycles. The highest BCUT2D eigenvalue weighted by atomic mass is 19.1. The fraction of sp³-hybridized carbons (Fsp3) is 0.571. The molecule has 2 atom stereocenters. The number of hydrogen-bond acceptors (Lipinski definition) is 3. The van der Waals surface area contributed by atoms with E-state index in [1.54, 1.807) is 13.2 Å². The second kappa shape index (κ2) is 7.34. The van der Waals surface area contributed by atoms with E-state index in [0.717, 1.165) is 12.1 Å². The van der Waals surface area contributed by atoms with Crippen LogP contribution in [-0.2, 0) is 4.74 Å². The lowest BCUT2D eigenvalue weighted by molar-refractivity contribution is 0.0882. The first-order valence-corrected chi connectivity index (χ1v) is 6.27. The largest absolute Gasteiger partial charge is 0.485 e. The molecule has 4 heteroatoms. The summed E-state index contributed by atoms with van der Waals surface area (Å²) < 4.78 is 24.5. The van der Waals surface area contributed by atoms with Gasteiger partial charge in [0.1, 0.15) is 6.10 Å². The average Bonchev–Trinajstić information content (AvgIpc) is 2.32. The average molecular weight is 255 g/mol. The third-order valence-electron chi connectivity index (χ3n) is 2.69. The number of rotatable bonds is 7. The van der Waals surface area contributed by atoms with Crippen LogP contribution in [0.3, 0.4) is 0 Å². The monoisotopic (exact) mass is 255 g/mol. The van der Waals surface area contributed by atoms with Crippen LogP contribution >= 0.6 is 0 Å². The second-order valence-corrected chi connectivity index (χ2v) is 4.32. The van der Waals surface area contributed by atoms with Crippen molar-refractivity contribution in [2.24, 2.45) is 0 Å². The summed E-state index contributed by atoms with van der Waals surface area (Å²) in [6, 6.07) is 5.05. The van der Waals surface area contributed by atoms with E-state index in [0.29, 0.717) is 12.4 Å². The molecule has 1 N–H and O–H groups in total. The zero-order valence-corrected chi connectivity index (χ0v) is 11.5. The maximum atomic E-state index is 13.9. The van der Waals surface area contributed by atoms with Gasteiger partial charge in [-0.3, -0.25) is 0 Å². The van der Waals surface area contributed by atoms with Gasteiger partial charge in [-0.25, -0.2) is 4.39 Å². The smallest absolute Gasteiger partial charge is 0.165 e. The Morgan fingerprint density at radius 1 is 1.33 bits per heavy atom. The van der Waals surface area contributed by atoms with Crippen molar-refractivity contribution < 1.29 is 13.9 Å². The Morgan fingerprint density at radius 2 is 2.06 bits per heavy atom. The number of hydrogen-bond donors (Lipinski definition) is 1. The highest BCUT2D eigenvalue weighted by Crippen LogP contribution is 2.29. The second-order valence-electron chi connectivity index (χ2n) is 4.32. The lowest BCUT2D eigenvalue weighted by Crippen LogP contribution is -2.23. The lowest BCUT2D eigenvalue weighted by Gasteiger charge is -2.21. The van der Waals surface area contributed by atoms with E-state index >= 15 is 0 Å². The van der Waals surface area contributed by atoms with Crippen molar-refractivity contribution in [3.8, 4) is 5.75 Å². The molecule has 0 heterocycles. The number of benzene rings is 1. The van der Waals surface area contributed by atoms with Gasteiger partial charge in [0.15, 0.2) is 11.6 Å². The van der Waals surface area contributed by atoms with Crippen LogP contribution in [0.25, 0.3) is 0 Å². The van der Waals surface area contributed by atoms with Gasteiger partial charge in [0, 0.05) is 18.7 Å². The first-order valence-electron chi connectivity index (χ1n) is 6.27. The number of para-hydroxylation sites is 1. The van der Waals surface area contributed by atoms with Crippen molar-refractivity contribution in [2.45, 2.75) is 32.9 Å². The first kappa shape index (κ1) is 14.9. The Morgan fingerprint density at radius 3 is 2.67 bits per heavy atom. The Hall–Kier alpha value is -1.13. The molecule has 0 spiro atoms. The van der Waals surface area contributed by atoms with Crippen molar-refractivity contribution in [3.05, 3.63) is 29.6 Å². The fourth-order valence-electron chi connectivity index (χ4n) is 1.88. The SMILES string of the molecule is CCNC(C)c1cccc(F)c1OC(C)COC. The summed E-state index contributed by atoms with van der Waals surface area (Å²) in [6.45, 7) is 7.13. The van der Waals surface area contributed by atoms with E-state index in [-0.39, 0.29) is 18.0 Å². The highest BCUT2D eigenvalue weighted by Gasteiger charge is 2.17. The van der Waals surface area contributed by atoms with Crippen LogP contribution in [0.4, 0.5) is 4.39 Å². The molecule has 0 radical (unpaired) electrons. The Labute approximate surface area is 108 Å². The van der Waals surface area contributed by atoms with Gasteiger partial charge in [-0.1, -0.05) is 19.1 Å². The van der Waals surface area contributed by atoms with Crippen molar-refractivity contribution in [1.82, 2.24) is 5.32 Å². The summed E-state index contributed by atoms with van der Waals surface area (Å²) in [5.41, 5.74) is 0.833. The molecule has 0 aliphatic rings. The predicted molar refractivity (Wildman–Crippen MR) is 70.5 cm³/mol. The van der Waals surface area contributed by atoms with Crippen LogP contribution in [0.15, 0.2) is 18.2 Å². The molecule has 0 saturated heterocycles. The minimum Gasteiger partial charge on any atom is -0.485 e. The van der Waals surface area contributed by atoms with Crippen LogP contribution in [0.1, 0.15) is 32.4 Å². The van der Waals surface area contributed by atoms with Crippen molar-refractivity contribution in [3.63, 3.8) is 0 Å². The summed E-state index contributed by atoms with van der Waals surface area (Å²) in [7, 11) is 1.60. The zero-order chi connectivity index (χ0) is 13.5. The topological polar surface area (TPSA) is 30.5 Å². The minimum absolute atomic E-state index is 0.0513. The van der Waals surface area contributed by atoms with Crippen LogP contribution in [0.5, 0.6) is 5.75 Å². The summed E-state index contributed by atoms with van der Waals surface area (Å²) in [6.07, 6.45) is -0.181. The van der Waals surface area contributed by atoms with Crippen molar-refractivity contribution in [1.29, 1.82) is 0 Å². The van der Waals surface area contributed by atoms with Gasteiger partial charge in [-0.05, 0) is 26.5 Å². The molecular weight excluding hydrogens is 233 g/mol. The van der Waals surface area contributed by atoms with Crippen LogP contribution < -0.4 is 10.1 Å². The maximum absolute atomic E-state index is 13.9. The van der Waals surface area contributed by atoms with Crippen LogP contribution in [0, 0.1) is 5.82 Å². The Balaban J connectivity index is 2.93. The van der Waals surface area contributed by atoms with E-state index in [9.17, 15) is 4.39 Å². The van der Waals surface area contributed by atoms with E-state index in [1.165, 1.54) is 6.07 Å². The molecule has 0 aromatic heterocycles. The minimum atomic E-state index is -0.333. The van der Waals surface area contributed by atoms with Crippen molar-refractivity contribution in [2.75, 3.05) is 20.3 Å². The van der Waals surface area contributed by atoms with Crippen molar-refractivity contribution >= 4 is 0 Å². The van der Waals surface area contributed by atoms with E-state index in [4.69, 9.17) is 9.47 Å². The summed E-state index contributed by atoms with van der Waals surface area (Å²) in [4.78, 5) is 0. The maximum Gasteiger partial charge on any atom is 0.165 e. The highest BCUT2D eigenvalue weighted by molar-refractivity contribution is 5.37. The zero-order valence-electron chi connectivity index (χ0n) is 11.5. The summed E-state index contributed by atoms with van der Waals surface area (Å²) in [5, 5.41) is 3.26. The molecule has 1 aromatic carbocycles. The Kier molecular flexibility index (Phi) is 6.09. The summed E-state index contributed by atoms with van der Waals surface area (Å²) in [5.74, 6) is -0.0179. The van der Waals surface area contributed by atoms with E-state index in [2.05, 4.69) is 5.32 Å². The third-order valence-corrected chi connectivity index (χ3v) is 2.69. The molecule has 0 aliphatic carbocycles. The number of ether oxygens (including phenoxy) is 2. The molecule has 0 bridgehead atoms. The quantitative estimate of drug-likeness (QED) is 0.812. The van der Waals surface area contributed by atoms with Crippen LogP contribution in [-0.4, -0.2) is 26.4 Å². The molecular formula is C14H22FNO2. The number of methoxy groups -OCH3 is 1.